The highest BCUT2D eigenvalue weighted by atomic mass is 16.2. The van der Waals surface area contributed by atoms with Crippen molar-refractivity contribution < 1.29 is 9.59 Å². The molecule has 3 fully saturated rings. The Kier molecular flexibility index (Phi) is 5.00. The van der Waals surface area contributed by atoms with Gasteiger partial charge in [0.05, 0.1) is 17.2 Å². The molecule has 4 aromatic rings. The molecule has 10 nitrogen and oxygen atoms in total. The van der Waals surface area contributed by atoms with Crippen molar-refractivity contribution in [3.63, 3.8) is 0 Å². The van der Waals surface area contributed by atoms with Crippen molar-refractivity contribution in [3.8, 4) is 29.2 Å². The first-order valence-corrected chi connectivity index (χ1v) is 13.1. The molecule has 3 N–H and O–H groups in total. The molecule has 40 heavy (non-hydrogen) atoms. The van der Waals surface area contributed by atoms with Gasteiger partial charge in [0.1, 0.15) is 34.2 Å². The second-order valence-electron chi connectivity index (χ2n) is 10.5. The predicted molar refractivity (Wildman–Crippen MR) is 146 cm³/mol. The number of nitriles is 1. The highest BCUT2D eigenvalue weighted by Crippen LogP contribution is 2.77. The third-order valence-corrected chi connectivity index (χ3v) is 8.79. The molecule has 4 heterocycles. The first-order valence-electron chi connectivity index (χ1n) is 13.1. The zero-order valence-electron chi connectivity index (χ0n) is 21.7. The number of amides is 2. The van der Waals surface area contributed by atoms with E-state index in [0.29, 0.717) is 39.9 Å². The number of likely N-dealkylation sites (tertiary alicyclic amines) is 1. The predicted octanol–water partition coefficient (Wildman–Crippen LogP) is 3.50. The van der Waals surface area contributed by atoms with Crippen LogP contribution in [0.15, 0.2) is 55.0 Å². The number of hydrogen-bond acceptors (Lipinski definition) is 7. The van der Waals surface area contributed by atoms with Gasteiger partial charge < -0.3 is 16.0 Å². The Morgan fingerprint density at radius 1 is 1.12 bits per heavy atom. The number of aromatic nitrogens is 4. The van der Waals surface area contributed by atoms with Crippen LogP contribution in [-0.2, 0) is 10.3 Å². The van der Waals surface area contributed by atoms with E-state index in [-0.39, 0.29) is 17.4 Å². The number of fused-ring (bicyclic) bond motifs is 1. The molecule has 1 aliphatic heterocycles. The summed E-state index contributed by atoms with van der Waals surface area (Å²) in [7, 11) is 0. The van der Waals surface area contributed by atoms with Gasteiger partial charge in [-0.3, -0.25) is 14.0 Å². The van der Waals surface area contributed by atoms with Crippen LogP contribution >= 0.6 is 0 Å². The SMILES string of the molecule is CC#CC(=O)N1C2(c3nc(-c4ccc(C(=O)Nc5cc(C#N)ccn5)cc4)c4c(N)nccn34)CCC3CCC312. The molecule has 3 aliphatic rings. The molecular weight excluding hydrogens is 504 g/mol. The van der Waals surface area contributed by atoms with E-state index in [0.717, 1.165) is 37.1 Å². The number of anilines is 2. The first kappa shape index (κ1) is 23.9. The second-order valence-corrected chi connectivity index (χ2v) is 10.5. The minimum Gasteiger partial charge on any atom is -0.382 e. The number of imidazole rings is 1. The number of nitrogen functional groups attached to an aromatic ring is 1. The lowest BCUT2D eigenvalue weighted by molar-refractivity contribution is -0.124. The van der Waals surface area contributed by atoms with Crippen molar-refractivity contribution >= 4 is 29.0 Å². The number of carbonyl (C=O) groups excluding carboxylic acids is 2. The molecule has 0 bridgehead atoms. The van der Waals surface area contributed by atoms with Crippen LogP contribution in [0.4, 0.5) is 11.6 Å². The van der Waals surface area contributed by atoms with Crippen LogP contribution in [0.5, 0.6) is 0 Å². The number of carbonyl (C=O) groups is 2. The fourth-order valence-corrected chi connectivity index (χ4v) is 7.05. The first-order chi connectivity index (χ1) is 19.4. The smallest absolute Gasteiger partial charge is 0.299 e. The highest BCUT2D eigenvalue weighted by molar-refractivity contribution is 6.04. The summed E-state index contributed by atoms with van der Waals surface area (Å²) < 4.78 is 1.97. The average molecular weight is 529 g/mol. The van der Waals surface area contributed by atoms with Gasteiger partial charge in [-0.15, -0.1) is 0 Å². The molecule has 2 amide bonds. The summed E-state index contributed by atoms with van der Waals surface area (Å²) >= 11 is 0. The lowest BCUT2D eigenvalue weighted by atomic mass is 9.71. The van der Waals surface area contributed by atoms with E-state index < -0.39 is 5.54 Å². The van der Waals surface area contributed by atoms with E-state index in [9.17, 15) is 9.59 Å². The van der Waals surface area contributed by atoms with Crippen LogP contribution in [0.25, 0.3) is 16.8 Å². The molecule has 196 valence electrons. The molecule has 7 rings (SSSR count). The van der Waals surface area contributed by atoms with Gasteiger partial charge in [0.2, 0.25) is 0 Å². The number of nitrogens with two attached hydrogens (primary N) is 1. The van der Waals surface area contributed by atoms with Crippen molar-refractivity contribution in [3.05, 3.63) is 71.9 Å². The molecule has 1 saturated heterocycles. The van der Waals surface area contributed by atoms with Crippen molar-refractivity contribution in [2.75, 3.05) is 11.1 Å². The fourth-order valence-electron chi connectivity index (χ4n) is 7.05. The maximum absolute atomic E-state index is 13.2. The van der Waals surface area contributed by atoms with Crippen LogP contribution in [-0.4, -0.2) is 41.6 Å². The largest absolute Gasteiger partial charge is 0.382 e. The van der Waals surface area contributed by atoms with Crippen LogP contribution in [0.1, 0.15) is 54.4 Å². The molecule has 2 saturated carbocycles. The zero-order chi connectivity index (χ0) is 27.6. The van der Waals surface area contributed by atoms with Crippen LogP contribution in [0.3, 0.4) is 0 Å². The normalized spacial score (nSPS) is 23.7. The van der Waals surface area contributed by atoms with Crippen molar-refractivity contribution in [1.82, 2.24) is 24.3 Å². The standard InChI is InChI=1S/C30H24N8O2/c1-2-3-23(39)38-29-11-8-21(29)9-12-30(29,38)28-36-24(25-26(32)34-14-15-37(25)28)19-4-6-20(7-5-19)27(40)35-22-16-18(17-31)10-13-33-22/h4-7,10,13-16,21H,8-9,11-12H2,1H3,(H2,32,34)(H,33,35,40). The topological polar surface area (TPSA) is 142 Å². The average Bonchev–Trinajstić information content (AvgIpc) is 3.30. The van der Waals surface area contributed by atoms with Gasteiger partial charge in [0.25, 0.3) is 11.8 Å². The molecule has 1 aromatic carbocycles. The summed E-state index contributed by atoms with van der Waals surface area (Å²) in [6, 6.07) is 12.2. The van der Waals surface area contributed by atoms with Crippen molar-refractivity contribution in [2.45, 2.75) is 43.7 Å². The van der Waals surface area contributed by atoms with Crippen LogP contribution in [0.2, 0.25) is 0 Å². The van der Waals surface area contributed by atoms with Gasteiger partial charge in [-0.1, -0.05) is 18.1 Å². The quantitative estimate of drug-likeness (QED) is 0.305. The monoisotopic (exact) mass is 528 g/mol. The van der Waals surface area contributed by atoms with E-state index >= 15 is 0 Å². The van der Waals surface area contributed by atoms with E-state index in [1.165, 1.54) is 12.3 Å². The zero-order valence-corrected chi connectivity index (χ0v) is 21.7. The summed E-state index contributed by atoms with van der Waals surface area (Å²) in [5.41, 5.74) is 8.55. The number of nitrogens with zero attached hydrogens (tertiary/aromatic N) is 6. The highest BCUT2D eigenvalue weighted by Gasteiger charge is 2.87. The van der Waals surface area contributed by atoms with E-state index in [2.05, 4.69) is 27.1 Å². The molecular formula is C30H24N8O2. The van der Waals surface area contributed by atoms with Gasteiger partial charge in [-0.25, -0.2) is 15.0 Å². The van der Waals surface area contributed by atoms with E-state index in [1.54, 1.807) is 31.3 Å². The Hall–Kier alpha value is -5.22. The molecule has 1 spiro atoms. The molecule has 10 heteroatoms. The maximum Gasteiger partial charge on any atom is 0.299 e. The number of pyridine rings is 1. The molecule has 0 radical (unpaired) electrons. The number of nitrogens with one attached hydrogen (secondary N) is 1. The molecule has 3 aromatic heterocycles. The van der Waals surface area contributed by atoms with E-state index in [1.807, 2.05) is 33.7 Å². The summed E-state index contributed by atoms with van der Waals surface area (Å²) in [6.07, 6.45) is 8.89. The van der Waals surface area contributed by atoms with Crippen LogP contribution < -0.4 is 11.1 Å². The Labute approximate surface area is 229 Å². The maximum atomic E-state index is 13.2. The Bertz CT molecular complexity index is 1840. The lowest BCUT2D eigenvalue weighted by Gasteiger charge is -2.34. The third-order valence-electron chi connectivity index (χ3n) is 8.79. The Morgan fingerprint density at radius 3 is 2.65 bits per heavy atom. The van der Waals surface area contributed by atoms with Crippen molar-refractivity contribution in [1.29, 1.82) is 5.26 Å². The summed E-state index contributed by atoms with van der Waals surface area (Å²) in [5, 5.41) is 11.8. The van der Waals surface area contributed by atoms with Gasteiger partial charge >= 0.3 is 0 Å². The minimum atomic E-state index is -0.517. The summed E-state index contributed by atoms with van der Waals surface area (Å²) in [5.74, 6) is 6.88. The lowest BCUT2D eigenvalue weighted by Crippen LogP contribution is -2.39. The number of hydrogen-bond donors (Lipinski definition) is 2. The van der Waals surface area contributed by atoms with Gasteiger partial charge in [0, 0.05) is 29.7 Å². The Balaban J connectivity index is 1.27. The molecule has 2 aliphatic carbocycles. The summed E-state index contributed by atoms with van der Waals surface area (Å²) in [6.45, 7) is 1.68. The number of rotatable bonds is 4. The van der Waals surface area contributed by atoms with Crippen LogP contribution in [0, 0.1) is 29.1 Å². The Morgan fingerprint density at radius 2 is 1.93 bits per heavy atom. The minimum absolute atomic E-state index is 0.155. The van der Waals surface area contributed by atoms with Gasteiger partial charge in [-0.2, -0.15) is 5.26 Å². The number of piperidine rings is 1. The van der Waals surface area contributed by atoms with Gasteiger partial charge in [0.15, 0.2) is 0 Å². The summed E-state index contributed by atoms with van der Waals surface area (Å²) in [4.78, 5) is 41.5. The van der Waals surface area contributed by atoms with E-state index in [4.69, 9.17) is 16.0 Å². The third kappa shape index (κ3) is 3.02. The molecule has 3 atom stereocenters. The second kappa shape index (κ2) is 8.39. The van der Waals surface area contributed by atoms with Gasteiger partial charge in [-0.05, 0) is 68.7 Å². The number of benzene rings is 1. The van der Waals surface area contributed by atoms with Crippen molar-refractivity contribution in [2.24, 2.45) is 5.92 Å². The molecule has 3 unspecified atom stereocenters. The fraction of sp³-hybridized carbons (Fsp3) is 0.267.